The topological polar surface area (TPSA) is 205 Å². The minimum absolute atomic E-state index is 0.193. The Hall–Kier alpha value is -2.73. The summed E-state index contributed by atoms with van der Waals surface area (Å²) in [6.07, 6.45) is 1.76. The van der Waals surface area contributed by atoms with Crippen LogP contribution in [0.4, 0.5) is 0 Å². The molecule has 0 aromatic rings. The third kappa shape index (κ3) is 8.03. The van der Waals surface area contributed by atoms with Crippen molar-refractivity contribution in [3.63, 3.8) is 0 Å². The Morgan fingerprint density at radius 2 is 1.79 bits per heavy atom. The van der Waals surface area contributed by atoms with Crippen LogP contribution in [0.5, 0.6) is 0 Å². The van der Waals surface area contributed by atoms with Gasteiger partial charge >= 0.3 is 11.9 Å². The Balaban J connectivity index is 2.81. The molecule has 0 aliphatic carbocycles. The maximum atomic E-state index is 12.8. The van der Waals surface area contributed by atoms with Gasteiger partial charge in [0.1, 0.15) is 18.6 Å². The number of carbonyl (C=O) groups excluding carboxylic acids is 3. The highest BCUT2D eigenvalue weighted by Crippen LogP contribution is 2.19. The fourth-order valence-electron chi connectivity index (χ4n) is 3.08. The number of nitrogens with zero attached hydrogens (tertiary/aromatic N) is 1. The molecule has 8 N–H and O–H groups in total. The molecule has 1 rings (SSSR count). The molecular weight excluding hydrogens is 386 g/mol. The first-order chi connectivity index (χ1) is 13.7. The maximum Gasteiger partial charge on any atom is 0.322 e. The van der Waals surface area contributed by atoms with Gasteiger partial charge in [-0.25, -0.2) is 0 Å². The van der Waals surface area contributed by atoms with Gasteiger partial charge in [0.05, 0.1) is 12.5 Å². The van der Waals surface area contributed by atoms with Crippen molar-refractivity contribution in [3.05, 3.63) is 0 Å². The number of rotatable bonds is 12. The van der Waals surface area contributed by atoms with Crippen LogP contribution in [0.2, 0.25) is 0 Å². The smallest absolute Gasteiger partial charge is 0.322 e. The van der Waals surface area contributed by atoms with Crippen molar-refractivity contribution in [2.24, 2.45) is 11.5 Å². The number of carboxylic acid groups (broad SMARTS) is 2. The molecule has 3 amide bonds. The average molecular weight is 415 g/mol. The number of carbonyl (C=O) groups is 5. The van der Waals surface area contributed by atoms with Gasteiger partial charge in [-0.05, 0) is 32.2 Å². The second-order valence-electron chi connectivity index (χ2n) is 6.85. The number of hydrogen-bond acceptors (Lipinski definition) is 7. The summed E-state index contributed by atoms with van der Waals surface area (Å²) in [4.78, 5) is 60.3. The summed E-state index contributed by atoms with van der Waals surface area (Å²) in [6, 6.07) is -3.22. The third-order valence-corrected chi connectivity index (χ3v) is 4.55. The van der Waals surface area contributed by atoms with Crippen LogP contribution in [-0.4, -0.2) is 82.5 Å². The van der Waals surface area contributed by atoms with Crippen LogP contribution in [0.3, 0.4) is 0 Å². The molecular formula is C17H29N5O7. The lowest BCUT2D eigenvalue weighted by atomic mass is 10.1. The molecule has 1 aliphatic heterocycles. The highest BCUT2D eigenvalue weighted by molar-refractivity contribution is 5.95. The molecule has 29 heavy (non-hydrogen) atoms. The highest BCUT2D eigenvalue weighted by Gasteiger charge is 2.38. The fourth-order valence-corrected chi connectivity index (χ4v) is 3.08. The molecule has 0 bridgehead atoms. The average Bonchev–Trinajstić information content (AvgIpc) is 3.14. The van der Waals surface area contributed by atoms with Gasteiger partial charge in [0, 0.05) is 6.54 Å². The van der Waals surface area contributed by atoms with Crippen LogP contribution in [-0.2, 0) is 24.0 Å². The lowest BCUT2D eigenvalue weighted by molar-refractivity contribution is -0.146. The van der Waals surface area contributed by atoms with Crippen molar-refractivity contribution >= 4 is 29.7 Å². The zero-order valence-electron chi connectivity index (χ0n) is 16.1. The van der Waals surface area contributed by atoms with E-state index in [1.54, 1.807) is 0 Å². The maximum absolute atomic E-state index is 12.8. The van der Waals surface area contributed by atoms with Crippen molar-refractivity contribution in [2.75, 3.05) is 19.6 Å². The lowest BCUT2D eigenvalue weighted by Gasteiger charge is -2.28. The van der Waals surface area contributed by atoms with Gasteiger partial charge in [-0.3, -0.25) is 24.0 Å². The molecule has 0 aromatic carbocycles. The van der Waals surface area contributed by atoms with E-state index in [-0.39, 0.29) is 6.54 Å². The number of unbranched alkanes of at least 4 members (excludes halogenated alkanes) is 1. The Kier molecular flexibility index (Phi) is 10.0. The summed E-state index contributed by atoms with van der Waals surface area (Å²) in [5, 5.41) is 22.4. The quantitative estimate of drug-likeness (QED) is 0.187. The summed E-state index contributed by atoms with van der Waals surface area (Å²) in [6.45, 7) is 0.0532. The van der Waals surface area contributed by atoms with E-state index in [1.807, 2.05) is 0 Å². The van der Waals surface area contributed by atoms with Crippen molar-refractivity contribution < 1.29 is 34.2 Å². The predicted molar refractivity (Wildman–Crippen MR) is 100 cm³/mol. The zero-order chi connectivity index (χ0) is 22.0. The van der Waals surface area contributed by atoms with Crippen LogP contribution in [0.15, 0.2) is 0 Å². The van der Waals surface area contributed by atoms with E-state index >= 15 is 0 Å². The largest absolute Gasteiger partial charge is 0.481 e. The molecule has 12 heteroatoms. The van der Waals surface area contributed by atoms with Crippen LogP contribution in [0.25, 0.3) is 0 Å². The molecule has 12 nitrogen and oxygen atoms in total. The Morgan fingerprint density at radius 1 is 1.10 bits per heavy atom. The van der Waals surface area contributed by atoms with E-state index in [4.69, 9.17) is 21.7 Å². The zero-order valence-corrected chi connectivity index (χ0v) is 16.1. The molecule has 3 unspecified atom stereocenters. The second-order valence-corrected chi connectivity index (χ2v) is 6.85. The second kappa shape index (κ2) is 12.0. The van der Waals surface area contributed by atoms with E-state index < -0.39 is 60.8 Å². The van der Waals surface area contributed by atoms with E-state index in [0.29, 0.717) is 38.6 Å². The summed E-state index contributed by atoms with van der Waals surface area (Å²) >= 11 is 0. The summed E-state index contributed by atoms with van der Waals surface area (Å²) < 4.78 is 0. The van der Waals surface area contributed by atoms with Gasteiger partial charge in [-0.15, -0.1) is 0 Å². The van der Waals surface area contributed by atoms with Gasteiger partial charge in [0.2, 0.25) is 17.7 Å². The SMILES string of the molecule is NCCCCC(N)C(=O)NC(CC(=O)O)C(=O)N1CCCC1C(=O)NCC(=O)O. The Bertz CT molecular complexity index is 627. The first kappa shape index (κ1) is 24.3. The minimum Gasteiger partial charge on any atom is -0.481 e. The molecule has 1 fully saturated rings. The molecule has 3 atom stereocenters. The molecule has 164 valence electrons. The van der Waals surface area contributed by atoms with E-state index in [9.17, 15) is 24.0 Å². The molecule has 0 spiro atoms. The number of nitrogens with two attached hydrogens (primary N) is 2. The standard InChI is InChI=1S/C17H29N5O7/c18-6-2-1-4-10(19)15(27)21-11(8-13(23)24)17(29)22-7-3-5-12(22)16(28)20-9-14(25)26/h10-12H,1-9,18-19H2,(H,20,28)(H,21,27)(H,23,24)(H,25,26). The number of nitrogens with one attached hydrogen (secondary N) is 2. The molecule has 0 aromatic heterocycles. The van der Waals surface area contributed by atoms with Gasteiger partial charge in [0.15, 0.2) is 0 Å². The van der Waals surface area contributed by atoms with Crippen LogP contribution in [0, 0.1) is 0 Å². The molecule has 1 saturated heterocycles. The minimum atomic E-state index is -1.38. The van der Waals surface area contributed by atoms with Crippen molar-refractivity contribution in [1.82, 2.24) is 15.5 Å². The number of aliphatic carboxylic acids is 2. The third-order valence-electron chi connectivity index (χ3n) is 4.55. The van der Waals surface area contributed by atoms with Gasteiger partial charge < -0.3 is 37.2 Å². The van der Waals surface area contributed by atoms with E-state index in [0.717, 1.165) is 0 Å². The summed E-state index contributed by atoms with van der Waals surface area (Å²) in [5.74, 6) is -4.55. The molecule has 0 saturated carbocycles. The van der Waals surface area contributed by atoms with Crippen LogP contribution < -0.4 is 22.1 Å². The first-order valence-corrected chi connectivity index (χ1v) is 9.45. The number of carboxylic acids is 2. The fraction of sp³-hybridized carbons (Fsp3) is 0.706. The number of likely N-dealkylation sites (tertiary alicyclic amines) is 1. The summed E-state index contributed by atoms with van der Waals surface area (Å²) in [7, 11) is 0. The van der Waals surface area contributed by atoms with Crippen LogP contribution in [0.1, 0.15) is 38.5 Å². The van der Waals surface area contributed by atoms with Gasteiger partial charge in [-0.1, -0.05) is 6.42 Å². The van der Waals surface area contributed by atoms with E-state index in [2.05, 4.69) is 10.6 Å². The van der Waals surface area contributed by atoms with Gasteiger partial charge in [-0.2, -0.15) is 0 Å². The monoisotopic (exact) mass is 415 g/mol. The molecule has 0 radical (unpaired) electrons. The predicted octanol–water partition coefficient (Wildman–Crippen LogP) is -2.41. The Labute approximate surface area is 168 Å². The normalized spacial score (nSPS) is 18.0. The van der Waals surface area contributed by atoms with Crippen molar-refractivity contribution in [2.45, 2.75) is 56.7 Å². The van der Waals surface area contributed by atoms with Crippen molar-refractivity contribution in [1.29, 1.82) is 0 Å². The first-order valence-electron chi connectivity index (χ1n) is 9.45. The van der Waals surface area contributed by atoms with E-state index in [1.165, 1.54) is 4.90 Å². The highest BCUT2D eigenvalue weighted by atomic mass is 16.4. The molecule has 1 heterocycles. The lowest BCUT2D eigenvalue weighted by Crippen LogP contribution is -2.56. The number of amides is 3. The molecule has 1 aliphatic rings. The van der Waals surface area contributed by atoms with Gasteiger partial charge in [0.25, 0.3) is 0 Å². The van der Waals surface area contributed by atoms with Crippen LogP contribution >= 0.6 is 0 Å². The van der Waals surface area contributed by atoms with Crippen molar-refractivity contribution in [3.8, 4) is 0 Å². The Morgan fingerprint density at radius 3 is 2.38 bits per heavy atom. The number of hydrogen-bond donors (Lipinski definition) is 6. The summed E-state index contributed by atoms with van der Waals surface area (Å²) in [5.41, 5.74) is 11.2.